The van der Waals surface area contributed by atoms with Crippen LogP contribution in [0.25, 0.3) is 0 Å². The van der Waals surface area contributed by atoms with Crippen LogP contribution in [0.5, 0.6) is 0 Å². The lowest BCUT2D eigenvalue weighted by molar-refractivity contribution is -0.339. The highest BCUT2D eigenvalue weighted by atomic mass is 19.4. The number of ether oxygens (including phenoxy) is 2. The smallest absolute Gasteiger partial charge is 0.455 e. The van der Waals surface area contributed by atoms with Crippen LogP contribution < -0.4 is 0 Å². The van der Waals surface area contributed by atoms with E-state index in [1.54, 1.807) is 0 Å². The first-order chi connectivity index (χ1) is 6.11. The van der Waals surface area contributed by atoms with Crippen molar-refractivity contribution in [1.29, 1.82) is 0 Å². The minimum Gasteiger partial charge on any atom is -0.477 e. The van der Waals surface area contributed by atoms with Gasteiger partial charge in [-0.2, -0.15) is 13.2 Å². The van der Waals surface area contributed by atoms with Crippen LogP contribution in [0.1, 0.15) is 13.8 Å². The number of alkyl halides is 3. The Bertz CT molecular complexity index is 260. The average molecular weight is 214 g/mol. The fourth-order valence-electron chi connectivity index (χ4n) is 1.09. The van der Waals surface area contributed by atoms with Crippen LogP contribution in [0.3, 0.4) is 0 Å². The van der Waals surface area contributed by atoms with Crippen LogP contribution in [0.4, 0.5) is 13.2 Å². The second-order valence-corrected chi connectivity index (χ2v) is 3.57. The van der Waals surface area contributed by atoms with Crippen molar-refractivity contribution in [2.75, 3.05) is 6.61 Å². The topological polar surface area (TPSA) is 55.8 Å². The summed E-state index contributed by atoms with van der Waals surface area (Å²) < 4.78 is 45.8. The Kier molecular flexibility index (Phi) is 2.28. The van der Waals surface area contributed by atoms with Gasteiger partial charge in [0, 0.05) is 0 Å². The lowest BCUT2D eigenvalue weighted by Crippen LogP contribution is -2.54. The molecular formula is C7H9F3O4. The summed E-state index contributed by atoms with van der Waals surface area (Å²) in [5.41, 5.74) is -1.26. The molecule has 1 fully saturated rings. The lowest BCUT2D eigenvalue weighted by atomic mass is 10.2. The van der Waals surface area contributed by atoms with E-state index < -0.39 is 30.1 Å². The van der Waals surface area contributed by atoms with Gasteiger partial charge in [-0.1, -0.05) is 0 Å². The van der Waals surface area contributed by atoms with Crippen molar-refractivity contribution in [3.05, 3.63) is 0 Å². The molecule has 7 heteroatoms. The number of carboxylic acids is 1. The minimum absolute atomic E-state index is 0.418. The number of hydrogen-bond acceptors (Lipinski definition) is 3. The Balaban J connectivity index is 3.05. The Morgan fingerprint density at radius 3 is 2.07 bits per heavy atom. The van der Waals surface area contributed by atoms with Crippen molar-refractivity contribution in [2.45, 2.75) is 31.4 Å². The van der Waals surface area contributed by atoms with E-state index in [0.717, 1.165) is 0 Å². The Hall–Kier alpha value is -0.820. The molecule has 0 spiro atoms. The van der Waals surface area contributed by atoms with Gasteiger partial charge in [-0.05, 0) is 13.8 Å². The predicted octanol–water partition coefficient (Wildman–Crippen LogP) is 1.15. The maximum atomic E-state index is 12.4. The molecule has 1 rings (SSSR count). The van der Waals surface area contributed by atoms with Gasteiger partial charge in [-0.3, -0.25) is 0 Å². The van der Waals surface area contributed by atoms with Crippen LogP contribution >= 0.6 is 0 Å². The highest BCUT2D eigenvalue weighted by Gasteiger charge is 2.69. The summed E-state index contributed by atoms with van der Waals surface area (Å²) in [6.07, 6.45) is -5.09. The Labute approximate surface area is 77.6 Å². The molecule has 1 saturated heterocycles. The zero-order valence-electron chi connectivity index (χ0n) is 7.51. The van der Waals surface area contributed by atoms with Crippen molar-refractivity contribution in [1.82, 2.24) is 0 Å². The monoisotopic (exact) mass is 214 g/mol. The Morgan fingerprint density at radius 2 is 1.93 bits per heavy atom. The molecule has 1 heterocycles. The maximum absolute atomic E-state index is 12.4. The van der Waals surface area contributed by atoms with Crippen LogP contribution in [0.2, 0.25) is 0 Å². The molecule has 14 heavy (non-hydrogen) atoms. The van der Waals surface area contributed by atoms with Gasteiger partial charge in [-0.25, -0.2) is 4.79 Å². The molecule has 0 aromatic carbocycles. The summed E-state index contributed by atoms with van der Waals surface area (Å²) in [5, 5.41) is 8.46. The number of carboxylic acid groups (broad SMARTS) is 1. The standard InChI is InChI=1S/C7H9F3O4/c1-5(2)3-13-6(14-5,4(11)12)7(8,9)10/h3H2,1-2H3,(H,11,12). The molecule has 0 bridgehead atoms. The van der Waals surface area contributed by atoms with E-state index in [2.05, 4.69) is 9.47 Å². The molecule has 0 aromatic rings. The highest BCUT2D eigenvalue weighted by molar-refractivity contribution is 5.77. The molecule has 0 saturated carbocycles. The molecule has 4 nitrogen and oxygen atoms in total. The maximum Gasteiger partial charge on any atom is 0.455 e. The van der Waals surface area contributed by atoms with Gasteiger partial charge < -0.3 is 14.6 Å². The normalized spacial score (nSPS) is 31.8. The minimum atomic E-state index is -5.09. The van der Waals surface area contributed by atoms with Crippen molar-refractivity contribution in [2.24, 2.45) is 0 Å². The van der Waals surface area contributed by atoms with E-state index in [9.17, 15) is 18.0 Å². The Morgan fingerprint density at radius 1 is 1.43 bits per heavy atom. The van der Waals surface area contributed by atoms with Crippen LogP contribution in [0, 0.1) is 0 Å². The van der Waals surface area contributed by atoms with Gasteiger partial charge in [0.1, 0.15) is 0 Å². The largest absolute Gasteiger partial charge is 0.477 e. The van der Waals surface area contributed by atoms with Gasteiger partial charge in [0.15, 0.2) is 0 Å². The van der Waals surface area contributed by atoms with Gasteiger partial charge in [0.25, 0.3) is 0 Å². The molecule has 0 amide bonds. The molecule has 0 radical (unpaired) electrons. The van der Waals surface area contributed by atoms with E-state index in [0.29, 0.717) is 0 Å². The lowest BCUT2D eigenvalue weighted by Gasteiger charge is -2.26. The number of rotatable bonds is 1. The van der Waals surface area contributed by atoms with Gasteiger partial charge in [0.05, 0.1) is 12.2 Å². The van der Waals surface area contributed by atoms with E-state index in [4.69, 9.17) is 5.11 Å². The van der Waals surface area contributed by atoms with E-state index >= 15 is 0 Å². The molecule has 1 aliphatic rings. The summed E-state index contributed by atoms with van der Waals surface area (Å²) in [5.74, 6) is -5.70. The molecule has 1 unspecified atom stereocenters. The molecule has 1 atom stereocenters. The molecule has 0 aliphatic carbocycles. The molecule has 1 N–H and O–H groups in total. The predicted molar refractivity (Wildman–Crippen MR) is 37.5 cm³/mol. The number of carbonyl (C=O) groups is 1. The van der Waals surface area contributed by atoms with Gasteiger partial charge in [-0.15, -0.1) is 0 Å². The third-order valence-corrected chi connectivity index (χ3v) is 1.70. The molecule has 82 valence electrons. The van der Waals surface area contributed by atoms with Crippen molar-refractivity contribution in [3.8, 4) is 0 Å². The van der Waals surface area contributed by atoms with Crippen molar-refractivity contribution in [3.63, 3.8) is 0 Å². The zero-order valence-corrected chi connectivity index (χ0v) is 7.51. The van der Waals surface area contributed by atoms with Crippen LogP contribution in [0.15, 0.2) is 0 Å². The zero-order chi connectivity index (χ0) is 11.2. The third kappa shape index (κ3) is 1.57. The highest BCUT2D eigenvalue weighted by Crippen LogP contribution is 2.43. The first kappa shape index (κ1) is 11.3. The van der Waals surface area contributed by atoms with Crippen molar-refractivity contribution < 1.29 is 32.5 Å². The van der Waals surface area contributed by atoms with Gasteiger partial charge >= 0.3 is 17.9 Å². The summed E-state index contributed by atoms with van der Waals surface area (Å²) in [4.78, 5) is 10.5. The van der Waals surface area contributed by atoms with E-state index in [-0.39, 0.29) is 0 Å². The summed E-state index contributed by atoms with van der Waals surface area (Å²) in [6, 6.07) is 0. The summed E-state index contributed by atoms with van der Waals surface area (Å²) in [7, 11) is 0. The number of aliphatic carboxylic acids is 1. The fraction of sp³-hybridized carbons (Fsp3) is 0.857. The second kappa shape index (κ2) is 2.83. The number of halogens is 3. The SMILES string of the molecule is CC1(C)COC(C(=O)O)(C(F)(F)F)O1. The second-order valence-electron chi connectivity index (χ2n) is 3.57. The quantitative estimate of drug-likeness (QED) is 0.711. The first-order valence-corrected chi connectivity index (χ1v) is 3.75. The summed E-state index contributed by atoms with van der Waals surface area (Å²) in [6.45, 7) is 2.23. The third-order valence-electron chi connectivity index (χ3n) is 1.70. The molecule has 1 aliphatic heterocycles. The van der Waals surface area contributed by atoms with Crippen molar-refractivity contribution >= 4 is 5.97 Å². The number of hydrogen-bond donors (Lipinski definition) is 1. The summed E-state index contributed by atoms with van der Waals surface area (Å²) >= 11 is 0. The first-order valence-electron chi connectivity index (χ1n) is 3.75. The molecule has 0 aromatic heterocycles. The van der Waals surface area contributed by atoms with Gasteiger partial charge in [0.2, 0.25) is 0 Å². The van der Waals surface area contributed by atoms with E-state index in [1.165, 1.54) is 13.8 Å². The molecular weight excluding hydrogens is 205 g/mol. The van der Waals surface area contributed by atoms with Crippen LogP contribution in [-0.2, 0) is 14.3 Å². The average Bonchev–Trinajstić information content (AvgIpc) is 2.25. The fourth-order valence-corrected chi connectivity index (χ4v) is 1.09. The van der Waals surface area contributed by atoms with E-state index in [1.807, 2.05) is 0 Å². The van der Waals surface area contributed by atoms with Crippen LogP contribution in [-0.4, -0.2) is 35.2 Å².